The van der Waals surface area contributed by atoms with Gasteiger partial charge in [-0.1, -0.05) is 15.9 Å². The van der Waals surface area contributed by atoms with Crippen molar-refractivity contribution in [2.24, 2.45) is 5.92 Å². The van der Waals surface area contributed by atoms with Crippen LogP contribution in [0.3, 0.4) is 0 Å². The van der Waals surface area contributed by atoms with Gasteiger partial charge in [0.05, 0.1) is 0 Å². The highest BCUT2D eigenvalue weighted by Crippen LogP contribution is 2.37. The molecular weight excluding hydrogens is 328 g/mol. The van der Waals surface area contributed by atoms with Crippen LogP contribution in [0.5, 0.6) is 0 Å². The standard InChI is InChI=1S/C17H23BrN2O/c1-11-5-13(9-14(18)6-11)17(21)19-10-12-7-15-3-4-16(8-12)20(15)2/h5-6,9,12,15-16H,3-4,7-8,10H2,1-2H3,(H,19,21). The Labute approximate surface area is 135 Å². The minimum Gasteiger partial charge on any atom is -0.352 e. The summed E-state index contributed by atoms with van der Waals surface area (Å²) in [5.41, 5.74) is 1.85. The second kappa shape index (κ2) is 6.09. The number of amides is 1. The summed E-state index contributed by atoms with van der Waals surface area (Å²) in [6.45, 7) is 2.82. The fourth-order valence-corrected chi connectivity index (χ4v) is 4.51. The van der Waals surface area contributed by atoms with Gasteiger partial charge >= 0.3 is 0 Å². The maximum atomic E-state index is 12.3. The Morgan fingerprint density at radius 2 is 1.95 bits per heavy atom. The van der Waals surface area contributed by atoms with Crippen molar-refractivity contribution in [2.75, 3.05) is 13.6 Å². The summed E-state index contributed by atoms with van der Waals surface area (Å²) in [6, 6.07) is 7.32. The first kappa shape index (κ1) is 15.0. The molecule has 1 N–H and O–H groups in total. The number of hydrogen-bond donors (Lipinski definition) is 1. The van der Waals surface area contributed by atoms with E-state index < -0.39 is 0 Å². The molecule has 21 heavy (non-hydrogen) atoms. The van der Waals surface area contributed by atoms with Crippen LogP contribution in [0.2, 0.25) is 0 Å². The largest absolute Gasteiger partial charge is 0.352 e. The van der Waals surface area contributed by atoms with Crippen LogP contribution in [-0.4, -0.2) is 36.5 Å². The molecule has 0 aromatic heterocycles. The van der Waals surface area contributed by atoms with E-state index in [4.69, 9.17) is 0 Å². The number of carbonyl (C=O) groups excluding carboxylic acids is 1. The summed E-state index contributed by atoms with van der Waals surface area (Å²) < 4.78 is 0.963. The summed E-state index contributed by atoms with van der Waals surface area (Å²) in [6.07, 6.45) is 5.11. The molecule has 0 radical (unpaired) electrons. The summed E-state index contributed by atoms with van der Waals surface area (Å²) in [7, 11) is 2.25. The summed E-state index contributed by atoms with van der Waals surface area (Å²) >= 11 is 3.45. The number of fused-ring (bicyclic) bond motifs is 2. The number of rotatable bonds is 3. The van der Waals surface area contributed by atoms with Gasteiger partial charge < -0.3 is 10.2 Å². The molecule has 1 amide bonds. The lowest BCUT2D eigenvalue weighted by molar-refractivity contribution is 0.0917. The zero-order valence-electron chi connectivity index (χ0n) is 12.7. The third-order valence-corrected chi connectivity index (χ3v) is 5.51. The van der Waals surface area contributed by atoms with Gasteiger partial charge in [0.2, 0.25) is 0 Å². The van der Waals surface area contributed by atoms with E-state index in [2.05, 4.69) is 33.2 Å². The van der Waals surface area contributed by atoms with Crippen LogP contribution in [0, 0.1) is 12.8 Å². The molecule has 3 rings (SSSR count). The molecule has 3 nitrogen and oxygen atoms in total. The number of piperidine rings is 1. The van der Waals surface area contributed by atoms with Gasteiger partial charge in [-0.25, -0.2) is 0 Å². The van der Waals surface area contributed by atoms with Crippen molar-refractivity contribution in [1.82, 2.24) is 10.2 Å². The number of nitrogens with zero attached hydrogens (tertiary/aromatic N) is 1. The molecule has 2 aliphatic heterocycles. The molecule has 0 aliphatic carbocycles. The Hall–Kier alpha value is -0.870. The van der Waals surface area contributed by atoms with Gasteiger partial charge in [0.1, 0.15) is 0 Å². The van der Waals surface area contributed by atoms with Gasteiger partial charge in [-0.05, 0) is 69.3 Å². The first-order valence-corrected chi connectivity index (χ1v) is 8.59. The molecule has 2 bridgehead atoms. The smallest absolute Gasteiger partial charge is 0.251 e. The molecule has 4 heteroatoms. The molecule has 1 aromatic carbocycles. The normalized spacial score (nSPS) is 28.6. The molecule has 2 unspecified atom stereocenters. The predicted octanol–water partition coefficient (Wildman–Crippen LogP) is 3.36. The average molecular weight is 351 g/mol. The predicted molar refractivity (Wildman–Crippen MR) is 88.5 cm³/mol. The molecule has 2 saturated heterocycles. The highest BCUT2D eigenvalue weighted by Gasteiger charge is 2.38. The molecule has 2 fully saturated rings. The van der Waals surface area contributed by atoms with Crippen molar-refractivity contribution >= 4 is 21.8 Å². The molecular formula is C17H23BrN2O. The van der Waals surface area contributed by atoms with Crippen molar-refractivity contribution in [3.05, 3.63) is 33.8 Å². The van der Waals surface area contributed by atoms with Crippen LogP contribution < -0.4 is 5.32 Å². The van der Waals surface area contributed by atoms with E-state index in [1.165, 1.54) is 25.7 Å². The van der Waals surface area contributed by atoms with E-state index in [0.29, 0.717) is 5.92 Å². The molecule has 0 spiro atoms. The fourth-order valence-electron chi connectivity index (χ4n) is 3.90. The lowest BCUT2D eigenvalue weighted by Crippen LogP contribution is -2.43. The number of carbonyl (C=O) groups is 1. The first-order valence-electron chi connectivity index (χ1n) is 7.80. The highest BCUT2D eigenvalue weighted by molar-refractivity contribution is 9.10. The van der Waals surface area contributed by atoms with E-state index in [1.807, 2.05) is 25.1 Å². The maximum absolute atomic E-state index is 12.3. The second-order valence-electron chi connectivity index (χ2n) is 6.62. The number of benzene rings is 1. The third-order valence-electron chi connectivity index (χ3n) is 5.05. The van der Waals surface area contributed by atoms with Gasteiger partial charge in [0.25, 0.3) is 5.91 Å². The van der Waals surface area contributed by atoms with Gasteiger partial charge in [-0.3, -0.25) is 4.79 Å². The maximum Gasteiger partial charge on any atom is 0.251 e. The number of nitrogens with one attached hydrogen (secondary N) is 1. The Morgan fingerprint density at radius 1 is 1.29 bits per heavy atom. The van der Waals surface area contributed by atoms with Crippen molar-refractivity contribution in [3.63, 3.8) is 0 Å². The van der Waals surface area contributed by atoms with Crippen LogP contribution in [0.25, 0.3) is 0 Å². The van der Waals surface area contributed by atoms with Crippen molar-refractivity contribution in [2.45, 2.75) is 44.7 Å². The Morgan fingerprint density at radius 3 is 2.57 bits per heavy atom. The molecule has 2 atom stereocenters. The monoisotopic (exact) mass is 350 g/mol. The zero-order chi connectivity index (χ0) is 15.0. The van der Waals surface area contributed by atoms with Crippen LogP contribution in [0.15, 0.2) is 22.7 Å². The van der Waals surface area contributed by atoms with E-state index in [-0.39, 0.29) is 5.91 Å². The molecule has 0 saturated carbocycles. The Balaban J connectivity index is 1.57. The molecule has 1 aromatic rings. The molecule has 114 valence electrons. The Kier molecular flexibility index (Phi) is 4.36. The van der Waals surface area contributed by atoms with Crippen LogP contribution >= 0.6 is 15.9 Å². The third kappa shape index (κ3) is 3.32. The van der Waals surface area contributed by atoms with Gasteiger partial charge in [-0.15, -0.1) is 0 Å². The van der Waals surface area contributed by atoms with E-state index >= 15 is 0 Å². The summed E-state index contributed by atoms with van der Waals surface area (Å²) in [5.74, 6) is 0.682. The van der Waals surface area contributed by atoms with Crippen molar-refractivity contribution in [3.8, 4) is 0 Å². The topological polar surface area (TPSA) is 32.3 Å². The SMILES string of the molecule is Cc1cc(Br)cc(C(=O)NCC2CC3CCC(C2)N3C)c1. The lowest BCUT2D eigenvalue weighted by Gasteiger charge is -2.36. The van der Waals surface area contributed by atoms with E-state index in [1.54, 1.807) is 0 Å². The minimum absolute atomic E-state index is 0.0469. The fraction of sp³-hybridized carbons (Fsp3) is 0.588. The van der Waals surface area contributed by atoms with Crippen molar-refractivity contribution in [1.29, 1.82) is 0 Å². The summed E-state index contributed by atoms with van der Waals surface area (Å²) in [4.78, 5) is 14.8. The number of aryl methyl sites for hydroxylation is 1. The number of halogens is 1. The number of hydrogen-bond acceptors (Lipinski definition) is 2. The second-order valence-corrected chi connectivity index (χ2v) is 7.53. The quantitative estimate of drug-likeness (QED) is 0.906. The average Bonchev–Trinajstić information content (AvgIpc) is 2.65. The van der Waals surface area contributed by atoms with Gasteiger partial charge in [0.15, 0.2) is 0 Å². The summed E-state index contributed by atoms with van der Waals surface area (Å²) in [5, 5.41) is 3.13. The lowest BCUT2D eigenvalue weighted by atomic mass is 9.91. The van der Waals surface area contributed by atoms with Gasteiger partial charge in [0, 0.05) is 28.7 Å². The van der Waals surface area contributed by atoms with E-state index in [9.17, 15) is 4.79 Å². The van der Waals surface area contributed by atoms with Crippen LogP contribution in [-0.2, 0) is 0 Å². The van der Waals surface area contributed by atoms with Crippen molar-refractivity contribution < 1.29 is 4.79 Å². The zero-order valence-corrected chi connectivity index (χ0v) is 14.3. The van der Waals surface area contributed by atoms with E-state index in [0.717, 1.165) is 34.2 Å². The highest BCUT2D eigenvalue weighted by atomic mass is 79.9. The molecule has 2 heterocycles. The first-order chi connectivity index (χ1) is 10.0. The van der Waals surface area contributed by atoms with Gasteiger partial charge in [-0.2, -0.15) is 0 Å². The molecule has 2 aliphatic rings. The Bertz CT molecular complexity index is 511. The van der Waals surface area contributed by atoms with Crippen LogP contribution in [0.1, 0.15) is 41.6 Å². The van der Waals surface area contributed by atoms with Crippen LogP contribution in [0.4, 0.5) is 0 Å². The minimum atomic E-state index is 0.0469.